The number of piperidine rings is 1. The zero-order valence-corrected chi connectivity index (χ0v) is 28.8. The summed E-state index contributed by atoms with van der Waals surface area (Å²) in [5.41, 5.74) is -1.26. The summed E-state index contributed by atoms with van der Waals surface area (Å²) in [5.74, 6) is 5.59. The number of carbonyl (C=O) groups is 4. The Morgan fingerprint density at radius 2 is 1.56 bits per heavy atom. The van der Waals surface area contributed by atoms with Crippen molar-refractivity contribution in [3.05, 3.63) is 15.8 Å². The van der Waals surface area contributed by atoms with Crippen LogP contribution in [0, 0.1) is 29.1 Å². The van der Waals surface area contributed by atoms with Gasteiger partial charge in [0.1, 0.15) is 16.1 Å². The van der Waals surface area contributed by atoms with E-state index < -0.39 is 29.4 Å². The van der Waals surface area contributed by atoms with Gasteiger partial charge in [-0.3, -0.25) is 4.79 Å². The third-order valence-corrected chi connectivity index (χ3v) is 9.48. The van der Waals surface area contributed by atoms with Crippen LogP contribution in [0.5, 0.6) is 0 Å². The standard InChI is InChI=1S/C34H49N3O7S/c1-22-9-11-23(12-10-22)28(38)37(26-19-25(13-16-32(2,3)4)45-27(26)29(39)40)24-14-17-35(18-15-24)30(41)44-34(8)20-36(21-34)31(42)43-33(5,6)7/h19,22-24H,9-12,14-15,17-18,20-21H2,1-8H3,(H,39,40)/t22-,23-. The molecule has 3 amide bonds. The summed E-state index contributed by atoms with van der Waals surface area (Å²) in [7, 11) is 0. The number of hydrogen-bond acceptors (Lipinski definition) is 7. The average molecular weight is 644 g/mol. The second-order valence-electron chi connectivity index (χ2n) is 15.2. The molecule has 1 aliphatic carbocycles. The van der Waals surface area contributed by atoms with Crippen molar-refractivity contribution in [1.82, 2.24) is 9.80 Å². The first-order valence-electron chi connectivity index (χ1n) is 16.0. The molecule has 2 aliphatic heterocycles. The fourth-order valence-electron chi connectivity index (χ4n) is 6.09. The van der Waals surface area contributed by atoms with Crippen molar-refractivity contribution in [1.29, 1.82) is 0 Å². The molecule has 1 saturated carbocycles. The molecule has 3 fully saturated rings. The van der Waals surface area contributed by atoms with Crippen LogP contribution in [-0.2, 0) is 14.3 Å². The molecule has 1 aromatic heterocycles. The molecule has 0 bridgehead atoms. The third-order valence-electron chi connectivity index (χ3n) is 8.45. The van der Waals surface area contributed by atoms with Gasteiger partial charge in [0, 0.05) is 30.5 Å². The molecule has 0 atom stereocenters. The summed E-state index contributed by atoms with van der Waals surface area (Å²) in [4.78, 5) is 57.7. The molecule has 11 heteroatoms. The van der Waals surface area contributed by atoms with Crippen LogP contribution in [-0.4, -0.2) is 82.4 Å². The van der Waals surface area contributed by atoms with Crippen LogP contribution in [0.1, 0.15) is 108 Å². The number of anilines is 1. The van der Waals surface area contributed by atoms with Crippen molar-refractivity contribution in [2.75, 3.05) is 31.1 Å². The Morgan fingerprint density at radius 3 is 2.09 bits per heavy atom. The van der Waals surface area contributed by atoms with E-state index >= 15 is 0 Å². The summed E-state index contributed by atoms with van der Waals surface area (Å²) in [6.07, 6.45) is 3.59. The first kappa shape index (κ1) is 34.6. The lowest BCUT2D eigenvalue weighted by molar-refractivity contribution is -0.124. The lowest BCUT2D eigenvalue weighted by Crippen LogP contribution is -2.65. The molecule has 0 aromatic carbocycles. The smallest absolute Gasteiger partial charge is 0.410 e. The molecule has 3 aliphatic rings. The van der Waals surface area contributed by atoms with E-state index in [9.17, 15) is 24.3 Å². The van der Waals surface area contributed by atoms with E-state index in [1.807, 2.05) is 20.8 Å². The molecule has 0 spiro atoms. The largest absolute Gasteiger partial charge is 0.477 e. The van der Waals surface area contributed by atoms with Crippen LogP contribution in [0.15, 0.2) is 6.07 Å². The highest BCUT2D eigenvalue weighted by atomic mass is 32.1. The first-order valence-corrected chi connectivity index (χ1v) is 16.8. The molecular formula is C34H49N3O7S. The highest BCUT2D eigenvalue weighted by Gasteiger charge is 2.47. The van der Waals surface area contributed by atoms with Gasteiger partial charge >= 0.3 is 18.2 Å². The van der Waals surface area contributed by atoms with Crippen LogP contribution in [0.2, 0.25) is 0 Å². The van der Waals surface area contributed by atoms with Crippen molar-refractivity contribution in [3.63, 3.8) is 0 Å². The van der Waals surface area contributed by atoms with Gasteiger partial charge in [0.05, 0.1) is 23.7 Å². The lowest BCUT2D eigenvalue weighted by atomic mass is 9.82. The number of likely N-dealkylation sites (tertiary alicyclic amines) is 2. The van der Waals surface area contributed by atoms with E-state index in [1.54, 1.807) is 43.6 Å². The molecule has 1 aromatic rings. The Balaban J connectivity index is 1.48. The molecule has 10 nitrogen and oxygen atoms in total. The first-order chi connectivity index (χ1) is 20.8. The van der Waals surface area contributed by atoms with Crippen LogP contribution in [0.25, 0.3) is 0 Å². The summed E-state index contributed by atoms with van der Waals surface area (Å²) in [6.45, 7) is 16.6. The number of hydrogen-bond donors (Lipinski definition) is 1. The van der Waals surface area contributed by atoms with Crippen molar-refractivity contribution < 1.29 is 33.8 Å². The topological polar surface area (TPSA) is 117 Å². The van der Waals surface area contributed by atoms with Crippen LogP contribution < -0.4 is 4.90 Å². The lowest BCUT2D eigenvalue weighted by Gasteiger charge is -2.47. The fraction of sp³-hybridized carbons (Fsp3) is 0.706. The van der Waals surface area contributed by atoms with Gasteiger partial charge in [-0.2, -0.15) is 0 Å². The van der Waals surface area contributed by atoms with E-state index in [1.165, 1.54) is 4.90 Å². The van der Waals surface area contributed by atoms with E-state index in [0.29, 0.717) is 42.4 Å². The van der Waals surface area contributed by atoms with Crippen molar-refractivity contribution in [2.45, 2.75) is 111 Å². The van der Waals surface area contributed by atoms with E-state index in [-0.39, 0.29) is 41.2 Å². The monoisotopic (exact) mass is 643 g/mol. The molecule has 248 valence electrons. The van der Waals surface area contributed by atoms with Gasteiger partial charge in [0.25, 0.3) is 0 Å². The van der Waals surface area contributed by atoms with Gasteiger partial charge in [-0.25, -0.2) is 14.4 Å². The number of nitrogens with zero attached hydrogens (tertiary/aromatic N) is 3. The maximum absolute atomic E-state index is 14.2. The van der Waals surface area contributed by atoms with Crippen molar-refractivity contribution in [2.24, 2.45) is 17.3 Å². The number of carboxylic acids is 1. The van der Waals surface area contributed by atoms with Crippen molar-refractivity contribution >= 4 is 41.1 Å². The number of amides is 3. The summed E-state index contributed by atoms with van der Waals surface area (Å²) in [6, 6.07) is 1.49. The Morgan fingerprint density at radius 1 is 0.956 bits per heavy atom. The molecule has 4 rings (SSSR count). The van der Waals surface area contributed by atoms with Gasteiger partial charge in [0.15, 0.2) is 0 Å². The zero-order chi connectivity index (χ0) is 33.3. The summed E-state index contributed by atoms with van der Waals surface area (Å²) in [5, 5.41) is 10.2. The Labute approximate surface area is 271 Å². The minimum Gasteiger partial charge on any atom is -0.477 e. The Kier molecular flexibility index (Phi) is 10.2. The highest BCUT2D eigenvalue weighted by molar-refractivity contribution is 7.15. The van der Waals surface area contributed by atoms with Gasteiger partial charge in [0.2, 0.25) is 5.91 Å². The fourth-order valence-corrected chi connectivity index (χ4v) is 6.93. The van der Waals surface area contributed by atoms with Crippen LogP contribution in [0.3, 0.4) is 0 Å². The Hall–Kier alpha value is -3.26. The number of carboxylic acid groups (broad SMARTS) is 1. The maximum Gasteiger partial charge on any atom is 0.410 e. The van der Waals surface area contributed by atoms with Gasteiger partial charge in [-0.05, 0) is 99.0 Å². The normalized spacial score (nSPS) is 22.0. The molecule has 1 N–H and O–H groups in total. The molecule has 0 radical (unpaired) electrons. The minimum atomic E-state index is -1.08. The van der Waals surface area contributed by atoms with E-state index in [4.69, 9.17) is 9.47 Å². The van der Waals surface area contributed by atoms with Gasteiger partial charge in [-0.15, -0.1) is 11.3 Å². The summed E-state index contributed by atoms with van der Waals surface area (Å²) >= 11 is 1.10. The number of rotatable bonds is 5. The highest BCUT2D eigenvalue weighted by Crippen LogP contribution is 2.38. The Bertz CT molecular complexity index is 1340. The third kappa shape index (κ3) is 8.93. The van der Waals surface area contributed by atoms with Crippen molar-refractivity contribution in [3.8, 4) is 11.8 Å². The predicted molar refractivity (Wildman–Crippen MR) is 174 cm³/mol. The molecule has 45 heavy (non-hydrogen) atoms. The second kappa shape index (κ2) is 13.2. The summed E-state index contributed by atoms with van der Waals surface area (Å²) < 4.78 is 11.2. The maximum atomic E-state index is 14.2. The SMILES string of the molecule is CC(C)(C)C#Cc1cc(N(C(=O)[C@H]2CC[C@H](C)CC2)C2CCN(C(=O)OC3(C)CN(C(=O)OC(C)(C)C)C3)CC2)c(C(=O)O)s1. The quantitative estimate of drug-likeness (QED) is 0.359. The van der Waals surface area contributed by atoms with E-state index in [2.05, 4.69) is 18.8 Å². The van der Waals surface area contributed by atoms with E-state index in [0.717, 1.165) is 37.0 Å². The number of ether oxygens (including phenoxy) is 2. The number of thiophene rings is 1. The van der Waals surface area contributed by atoms with Gasteiger partial charge in [-0.1, -0.05) is 18.8 Å². The number of carbonyl (C=O) groups excluding carboxylic acids is 3. The minimum absolute atomic E-state index is 0.0391. The molecular weight excluding hydrogens is 594 g/mol. The average Bonchev–Trinajstić information content (AvgIpc) is 3.34. The van der Waals surface area contributed by atoms with Crippen LogP contribution >= 0.6 is 11.3 Å². The molecule has 0 unspecified atom stereocenters. The number of aromatic carboxylic acids is 1. The second-order valence-corrected chi connectivity index (χ2v) is 16.2. The zero-order valence-electron chi connectivity index (χ0n) is 28.0. The van der Waals surface area contributed by atoms with Crippen LogP contribution in [0.4, 0.5) is 15.3 Å². The molecule has 3 heterocycles. The predicted octanol–water partition coefficient (Wildman–Crippen LogP) is 6.61. The molecule has 2 saturated heterocycles. The van der Waals surface area contributed by atoms with Gasteiger partial charge < -0.3 is 29.3 Å².